The highest BCUT2D eigenvalue weighted by atomic mass is 16.5. The minimum atomic E-state index is -0.341. The number of amides is 1. The van der Waals surface area contributed by atoms with Gasteiger partial charge in [0.2, 0.25) is 0 Å². The van der Waals surface area contributed by atoms with Crippen molar-refractivity contribution in [2.75, 3.05) is 20.3 Å². The number of ketones is 1. The summed E-state index contributed by atoms with van der Waals surface area (Å²) in [5.41, 5.74) is 3.38. The molecule has 2 aliphatic rings. The molecule has 0 atom stereocenters. The summed E-state index contributed by atoms with van der Waals surface area (Å²) >= 11 is 0. The number of fused-ring (bicyclic) bond motifs is 2. The van der Waals surface area contributed by atoms with Gasteiger partial charge < -0.3 is 19.5 Å². The van der Waals surface area contributed by atoms with Gasteiger partial charge in [-0.05, 0) is 51.1 Å². The maximum Gasteiger partial charge on any atom is 0.252 e. The third-order valence-electron chi connectivity index (χ3n) is 5.27. The molecule has 2 heterocycles. The van der Waals surface area contributed by atoms with Crippen molar-refractivity contribution in [2.24, 2.45) is 0 Å². The molecule has 0 bridgehead atoms. The topological polar surface area (TPSA) is 73.9 Å². The van der Waals surface area contributed by atoms with E-state index in [1.54, 1.807) is 19.3 Å². The monoisotopic (exact) mass is 407 g/mol. The zero-order valence-electron chi connectivity index (χ0n) is 17.6. The number of nitrogens with one attached hydrogen (secondary N) is 1. The summed E-state index contributed by atoms with van der Waals surface area (Å²) in [5.74, 6) is 1.40. The number of hydrogen-bond donors (Lipinski definition) is 1. The molecule has 1 N–H and O–H groups in total. The van der Waals surface area contributed by atoms with Crippen molar-refractivity contribution in [3.63, 3.8) is 0 Å². The normalized spacial score (nSPS) is 15.8. The van der Waals surface area contributed by atoms with E-state index in [0.29, 0.717) is 41.4 Å². The number of benzene rings is 2. The summed E-state index contributed by atoms with van der Waals surface area (Å²) in [6.07, 6.45) is 2.43. The largest absolute Gasteiger partial charge is 0.493 e. The fourth-order valence-electron chi connectivity index (χ4n) is 3.87. The Balaban J connectivity index is 1.49. The summed E-state index contributed by atoms with van der Waals surface area (Å²) in [5, 5.41) is 2.75. The third-order valence-corrected chi connectivity index (χ3v) is 5.27. The van der Waals surface area contributed by atoms with E-state index in [1.807, 2.05) is 45.0 Å². The molecule has 0 unspecified atom stereocenters. The molecule has 156 valence electrons. The van der Waals surface area contributed by atoms with Crippen molar-refractivity contribution in [1.82, 2.24) is 5.32 Å². The fourth-order valence-corrected chi connectivity index (χ4v) is 3.87. The molecular weight excluding hydrogens is 382 g/mol. The van der Waals surface area contributed by atoms with E-state index in [4.69, 9.17) is 14.2 Å². The molecule has 1 amide bonds. The van der Waals surface area contributed by atoms with Gasteiger partial charge in [-0.2, -0.15) is 0 Å². The van der Waals surface area contributed by atoms with Crippen LogP contribution in [0.2, 0.25) is 0 Å². The van der Waals surface area contributed by atoms with Crippen LogP contribution >= 0.6 is 0 Å². The molecule has 0 aromatic heterocycles. The van der Waals surface area contributed by atoms with Gasteiger partial charge in [0.15, 0.2) is 17.3 Å². The maximum absolute atomic E-state index is 12.8. The Morgan fingerprint density at radius 3 is 2.77 bits per heavy atom. The lowest BCUT2D eigenvalue weighted by atomic mass is 9.98. The van der Waals surface area contributed by atoms with E-state index < -0.39 is 0 Å². The number of ether oxygens (including phenoxy) is 3. The highest BCUT2D eigenvalue weighted by Gasteiger charge is 2.33. The van der Waals surface area contributed by atoms with Gasteiger partial charge in [0.05, 0.1) is 13.7 Å². The molecule has 0 radical (unpaired) electrons. The minimum absolute atomic E-state index is 0.107. The van der Waals surface area contributed by atoms with Gasteiger partial charge in [-0.3, -0.25) is 9.59 Å². The summed E-state index contributed by atoms with van der Waals surface area (Å²) in [6, 6.07) is 9.20. The quantitative estimate of drug-likeness (QED) is 0.768. The first-order chi connectivity index (χ1) is 14.3. The first-order valence-corrected chi connectivity index (χ1v) is 9.93. The first-order valence-electron chi connectivity index (χ1n) is 9.93. The van der Waals surface area contributed by atoms with Crippen molar-refractivity contribution >= 4 is 17.3 Å². The van der Waals surface area contributed by atoms with Crippen LogP contribution in [0.15, 0.2) is 36.4 Å². The lowest BCUT2D eigenvalue weighted by molar-refractivity contribution is -0.115. The van der Waals surface area contributed by atoms with Gasteiger partial charge in [-0.1, -0.05) is 11.6 Å². The molecule has 4 rings (SSSR count). The fraction of sp³-hybridized carbons (Fsp3) is 0.333. The van der Waals surface area contributed by atoms with Gasteiger partial charge in [-0.15, -0.1) is 0 Å². The van der Waals surface area contributed by atoms with Crippen LogP contribution in [-0.2, 0) is 11.2 Å². The number of aryl methyl sites for hydroxylation is 1. The molecule has 2 aromatic carbocycles. The molecule has 2 aromatic rings. The van der Waals surface area contributed by atoms with Crippen LogP contribution in [0.3, 0.4) is 0 Å². The molecule has 0 saturated heterocycles. The summed E-state index contributed by atoms with van der Waals surface area (Å²) in [7, 11) is 1.55. The SMILES string of the molecule is COc1cc(C(=O)CNC(=O)C2=CCOc3ccc(C)cc32)cc2c1OC(C)(C)C2. The van der Waals surface area contributed by atoms with Crippen LogP contribution < -0.4 is 19.5 Å². The van der Waals surface area contributed by atoms with E-state index in [9.17, 15) is 9.59 Å². The van der Waals surface area contributed by atoms with E-state index in [0.717, 1.165) is 16.7 Å². The lowest BCUT2D eigenvalue weighted by Gasteiger charge is -2.19. The van der Waals surface area contributed by atoms with Crippen molar-refractivity contribution in [3.05, 3.63) is 58.7 Å². The average Bonchev–Trinajstić information content (AvgIpc) is 3.04. The molecule has 2 aliphatic heterocycles. The molecule has 6 heteroatoms. The number of rotatable bonds is 5. The van der Waals surface area contributed by atoms with Crippen LogP contribution in [0, 0.1) is 6.92 Å². The van der Waals surface area contributed by atoms with Crippen LogP contribution in [0.5, 0.6) is 17.2 Å². The molecule has 0 spiro atoms. The Bertz CT molecular complexity index is 1070. The highest BCUT2D eigenvalue weighted by molar-refractivity contribution is 6.21. The predicted molar refractivity (Wildman–Crippen MR) is 113 cm³/mol. The molecule has 0 fully saturated rings. The molecule has 0 saturated carbocycles. The standard InChI is InChI=1S/C24H25NO5/c1-14-5-6-20-18(9-14)17(7-8-29-20)23(27)25-13-19(26)15-10-16-12-24(2,3)30-22(16)21(11-15)28-4/h5-7,9-11H,8,12-13H2,1-4H3,(H,25,27). The van der Waals surface area contributed by atoms with Gasteiger partial charge >= 0.3 is 0 Å². The molecule has 6 nitrogen and oxygen atoms in total. The summed E-state index contributed by atoms with van der Waals surface area (Å²) in [6.45, 7) is 6.17. The van der Waals surface area contributed by atoms with Crippen LogP contribution in [0.1, 0.15) is 40.9 Å². The average molecular weight is 407 g/mol. The Morgan fingerprint density at radius 1 is 1.20 bits per heavy atom. The van der Waals surface area contributed by atoms with E-state index >= 15 is 0 Å². The number of Topliss-reactive ketones (excluding diaryl/α,β-unsaturated/α-hetero) is 1. The predicted octanol–water partition coefficient (Wildman–Crippen LogP) is 3.49. The van der Waals surface area contributed by atoms with Crippen molar-refractivity contribution in [3.8, 4) is 17.2 Å². The second-order valence-corrected chi connectivity index (χ2v) is 8.24. The van der Waals surface area contributed by atoms with Crippen molar-refractivity contribution in [2.45, 2.75) is 32.8 Å². The smallest absolute Gasteiger partial charge is 0.252 e. The zero-order valence-corrected chi connectivity index (χ0v) is 17.6. The Morgan fingerprint density at radius 2 is 2.00 bits per heavy atom. The zero-order chi connectivity index (χ0) is 21.5. The van der Waals surface area contributed by atoms with Gasteiger partial charge in [-0.25, -0.2) is 0 Å². The van der Waals surface area contributed by atoms with E-state index in [-0.39, 0.29) is 23.8 Å². The number of carbonyl (C=O) groups excluding carboxylic acids is 2. The second-order valence-electron chi connectivity index (χ2n) is 8.24. The van der Waals surface area contributed by atoms with Crippen LogP contribution in [-0.4, -0.2) is 37.6 Å². The van der Waals surface area contributed by atoms with Crippen molar-refractivity contribution < 1.29 is 23.8 Å². The van der Waals surface area contributed by atoms with E-state index in [2.05, 4.69) is 5.32 Å². The Hall–Kier alpha value is -3.28. The van der Waals surface area contributed by atoms with Gasteiger partial charge in [0.1, 0.15) is 18.0 Å². The lowest BCUT2D eigenvalue weighted by Crippen LogP contribution is -2.31. The summed E-state index contributed by atoms with van der Waals surface area (Å²) < 4.78 is 17.0. The van der Waals surface area contributed by atoms with E-state index in [1.165, 1.54) is 0 Å². The molecule has 30 heavy (non-hydrogen) atoms. The van der Waals surface area contributed by atoms with Crippen LogP contribution in [0.25, 0.3) is 5.57 Å². The molecule has 0 aliphatic carbocycles. The second kappa shape index (κ2) is 7.52. The third kappa shape index (κ3) is 3.77. The summed E-state index contributed by atoms with van der Waals surface area (Å²) in [4.78, 5) is 25.6. The number of hydrogen-bond acceptors (Lipinski definition) is 5. The van der Waals surface area contributed by atoms with Gasteiger partial charge in [0, 0.05) is 28.7 Å². The minimum Gasteiger partial charge on any atom is -0.493 e. The Kier molecular flexibility index (Phi) is 5.02. The molecular formula is C24H25NO5. The number of methoxy groups -OCH3 is 1. The van der Waals surface area contributed by atoms with Crippen molar-refractivity contribution in [1.29, 1.82) is 0 Å². The van der Waals surface area contributed by atoms with Crippen LogP contribution in [0.4, 0.5) is 0 Å². The Labute approximate surface area is 175 Å². The maximum atomic E-state index is 12.8. The number of carbonyl (C=O) groups is 2. The highest BCUT2D eigenvalue weighted by Crippen LogP contribution is 2.42. The van der Waals surface area contributed by atoms with Gasteiger partial charge in [0.25, 0.3) is 5.91 Å². The first kappa shape index (κ1) is 20.0.